The van der Waals surface area contributed by atoms with E-state index in [2.05, 4.69) is 4.74 Å². The van der Waals surface area contributed by atoms with E-state index in [9.17, 15) is 0 Å². The molecule has 1 fully saturated rings. The highest BCUT2D eigenvalue weighted by Gasteiger charge is 2.34. The second-order valence-corrected chi connectivity index (χ2v) is 2.36. The van der Waals surface area contributed by atoms with Gasteiger partial charge in [-0.3, -0.25) is 0 Å². The second-order valence-electron chi connectivity index (χ2n) is 2.36. The van der Waals surface area contributed by atoms with Crippen molar-refractivity contribution in [3.63, 3.8) is 0 Å². The molecule has 5 N–H and O–H groups in total. The van der Waals surface area contributed by atoms with E-state index in [1.54, 1.807) is 0 Å². The molecule has 0 aromatic carbocycles. The van der Waals surface area contributed by atoms with E-state index in [-0.39, 0.29) is 6.61 Å². The first-order valence-electron chi connectivity index (χ1n) is 3.04. The summed E-state index contributed by atoms with van der Waals surface area (Å²) >= 11 is 0. The first kappa shape index (κ1) is 7.90. The van der Waals surface area contributed by atoms with E-state index in [0.717, 1.165) is 0 Å². The summed E-state index contributed by atoms with van der Waals surface area (Å²) in [4.78, 5) is 0. The summed E-state index contributed by atoms with van der Waals surface area (Å²) < 4.78 is 4.59. The fraction of sp³-hybridized carbons (Fsp3) is 1.00. The number of hydrogen-bond acceptors (Lipinski definition) is 5. The fourth-order valence-corrected chi connectivity index (χ4v) is 0.832. The van der Waals surface area contributed by atoms with Crippen LogP contribution in [0, 0.1) is 0 Å². The van der Waals surface area contributed by atoms with Crippen molar-refractivity contribution in [3.05, 3.63) is 0 Å². The van der Waals surface area contributed by atoms with Crippen LogP contribution in [0.25, 0.3) is 0 Å². The molecule has 60 valence electrons. The van der Waals surface area contributed by atoms with E-state index in [1.807, 2.05) is 0 Å². The van der Waals surface area contributed by atoms with E-state index in [4.69, 9.17) is 21.1 Å². The summed E-state index contributed by atoms with van der Waals surface area (Å²) in [6.45, 7) is -0.0734. The third-order valence-electron chi connectivity index (χ3n) is 1.56. The van der Waals surface area contributed by atoms with Gasteiger partial charge >= 0.3 is 0 Å². The van der Waals surface area contributed by atoms with E-state index < -0.39 is 24.5 Å². The van der Waals surface area contributed by atoms with E-state index in [1.165, 1.54) is 0 Å². The van der Waals surface area contributed by atoms with Crippen molar-refractivity contribution < 1.29 is 20.1 Å². The second kappa shape index (κ2) is 2.81. The minimum atomic E-state index is -1.17. The van der Waals surface area contributed by atoms with Gasteiger partial charge in [-0.2, -0.15) is 0 Å². The van der Waals surface area contributed by atoms with Gasteiger partial charge in [0, 0.05) is 0 Å². The minimum absolute atomic E-state index is 0.0734. The zero-order valence-electron chi connectivity index (χ0n) is 5.34. The van der Waals surface area contributed by atoms with Gasteiger partial charge in [0.05, 0.1) is 12.6 Å². The highest BCUT2D eigenvalue weighted by atomic mass is 16.6. The van der Waals surface area contributed by atoms with Crippen molar-refractivity contribution in [3.8, 4) is 0 Å². The molecule has 0 aromatic heterocycles. The molecule has 0 aromatic rings. The smallest absolute Gasteiger partial charge is 0.172 e. The molecule has 0 radical (unpaired) electrons. The number of ether oxygens (including phenoxy) is 1. The van der Waals surface area contributed by atoms with Crippen LogP contribution < -0.4 is 5.73 Å². The van der Waals surface area contributed by atoms with Gasteiger partial charge in [-0.15, -0.1) is 0 Å². The van der Waals surface area contributed by atoms with Crippen LogP contribution in [0.1, 0.15) is 0 Å². The summed E-state index contributed by atoms with van der Waals surface area (Å²) in [5, 5.41) is 26.7. The Bertz CT molecular complexity index is 106. The van der Waals surface area contributed by atoms with Gasteiger partial charge in [0.15, 0.2) is 6.29 Å². The molecule has 5 nitrogen and oxygen atoms in total. The third kappa shape index (κ3) is 1.28. The topological polar surface area (TPSA) is 95.9 Å². The molecule has 0 unspecified atom stereocenters. The molecule has 0 spiro atoms. The quantitative estimate of drug-likeness (QED) is 0.302. The maximum Gasteiger partial charge on any atom is 0.172 e. The lowest BCUT2D eigenvalue weighted by atomic mass is 10.0. The van der Waals surface area contributed by atoms with Crippen molar-refractivity contribution in [2.45, 2.75) is 24.5 Å². The first-order chi connectivity index (χ1) is 4.63. The Labute approximate surface area is 58.0 Å². The summed E-state index contributed by atoms with van der Waals surface area (Å²) in [5.74, 6) is 0. The van der Waals surface area contributed by atoms with Crippen LogP contribution in [0.5, 0.6) is 0 Å². The molecule has 0 saturated carbocycles. The molecule has 1 saturated heterocycles. The lowest BCUT2D eigenvalue weighted by molar-refractivity contribution is -0.205. The molecule has 5 heteroatoms. The van der Waals surface area contributed by atoms with Crippen molar-refractivity contribution in [1.82, 2.24) is 0 Å². The van der Waals surface area contributed by atoms with Gasteiger partial charge in [-0.1, -0.05) is 0 Å². The zero-order chi connectivity index (χ0) is 7.72. The maximum absolute atomic E-state index is 9.00. The SMILES string of the molecule is N[C@@H]1[C@@H](O)[C@@H](O)CO[C@@H]1O. The number of rotatable bonds is 0. The van der Waals surface area contributed by atoms with Gasteiger partial charge in [0.1, 0.15) is 12.2 Å². The fourth-order valence-electron chi connectivity index (χ4n) is 0.832. The molecule has 1 heterocycles. The monoisotopic (exact) mass is 149 g/mol. The molecular formula is C5H11NO4. The highest BCUT2D eigenvalue weighted by Crippen LogP contribution is 2.10. The Kier molecular flexibility index (Phi) is 2.22. The molecule has 0 aliphatic carbocycles. The zero-order valence-corrected chi connectivity index (χ0v) is 5.34. The summed E-state index contributed by atoms with van der Waals surface area (Å²) in [5.41, 5.74) is 5.23. The predicted octanol–water partition coefficient (Wildman–Crippen LogP) is -2.62. The highest BCUT2D eigenvalue weighted by molar-refractivity contribution is 4.84. The summed E-state index contributed by atoms with van der Waals surface area (Å²) in [6.07, 6.45) is -3.25. The van der Waals surface area contributed by atoms with E-state index in [0.29, 0.717) is 0 Å². The minimum Gasteiger partial charge on any atom is -0.389 e. The Morgan fingerprint density at radius 1 is 1.30 bits per heavy atom. The average Bonchev–Trinajstić information content (AvgIpc) is 1.93. The van der Waals surface area contributed by atoms with E-state index >= 15 is 0 Å². The van der Waals surface area contributed by atoms with Crippen LogP contribution in [0.15, 0.2) is 0 Å². The number of aliphatic hydroxyl groups excluding tert-OH is 3. The van der Waals surface area contributed by atoms with Gasteiger partial charge in [-0.05, 0) is 0 Å². The Balaban J connectivity index is 2.52. The van der Waals surface area contributed by atoms with Crippen LogP contribution >= 0.6 is 0 Å². The molecule has 4 atom stereocenters. The standard InChI is InChI=1S/C5H11NO4/c6-3-4(8)2(7)1-10-5(3)9/h2-5,7-9H,1,6H2/t2-,3+,4-,5-/m0/s1. The Morgan fingerprint density at radius 2 is 1.90 bits per heavy atom. The molecule has 10 heavy (non-hydrogen) atoms. The largest absolute Gasteiger partial charge is 0.389 e. The van der Waals surface area contributed by atoms with Gasteiger partial charge in [0.2, 0.25) is 0 Å². The first-order valence-corrected chi connectivity index (χ1v) is 3.04. The summed E-state index contributed by atoms with van der Waals surface area (Å²) in [7, 11) is 0. The Morgan fingerprint density at radius 3 is 2.40 bits per heavy atom. The van der Waals surface area contributed by atoms with Crippen LogP contribution in [0.3, 0.4) is 0 Å². The van der Waals surface area contributed by atoms with Gasteiger partial charge < -0.3 is 25.8 Å². The van der Waals surface area contributed by atoms with Crippen LogP contribution in [0.2, 0.25) is 0 Å². The van der Waals surface area contributed by atoms with Crippen LogP contribution in [-0.4, -0.2) is 46.5 Å². The van der Waals surface area contributed by atoms with Gasteiger partial charge in [-0.25, -0.2) is 0 Å². The summed E-state index contributed by atoms with van der Waals surface area (Å²) in [6, 6.07) is -0.913. The van der Waals surface area contributed by atoms with Crippen LogP contribution in [-0.2, 0) is 4.74 Å². The molecule has 1 rings (SSSR count). The molecule has 1 aliphatic heterocycles. The van der Waals surface area contributed by atoms with Crippen molar-refractivity contribution in [2.75, 3.05) is 6.61 Å². The third-order valence-corrected chi connectivity index (χ3v) is 1.56. The lowest BCUT2D eigenvalue weighted by Gasteiger charge is -2.32. The number of nitrogens with two attached hydrogens (primary N) is 1. The van der Waals surface area contributed by atoms with Crippen LogP contribution in [0.4, 0.5) is 0 Å². The molecule has 0 bridgehead atoms. The van der Waals surface area contributed by atoms with Crippen molar-refractivity contribution >= 4 is 0 Å². The lowest BCUT2D eigenvalue weighted by Crippen LogP contribution is -2.57. The normalized spacial score (nSPS) is 49.2. The average molecular weight is 149 g/mol. The number of aliphatic hydroxyl groups is 3. The van der Waals surface area contributed by atoms with Crippen molar-refractivity contribution in [2.24, 2.45) is 5.73 Å². The Hall–Kier alpha value is -0.200. The molecule has 0 amide bonds. The predicted molar refractivity (Wildman–Crippen MR) is 31.9 cm³/mol. The van der Waals surface area contributed by atoms with Crippen molar-refractivity contribution in [1.29, 1.82) is 0 Å². The maximum atomic E-state index is 9.00. The molecule has 1 aliphatic rings. The number of hydrogen-bond donors (Lipinski definition) is 4. The van der Waals surface area contributed by atoms with Gasteiger partial charge in [0.25, 0.3) is 0 Å². The molecular weight excluding hydrogens is 138 g/mol.